The van der Waals surface area contributed by atoms with Gasteiger partial charge in [-0.3, -0.25) is 9.59 Å². The van der Waals surface area contributed by atoms with Gasteiger partial charge in [-0.05, 0) is 19.3 Å². The van der Waals surface area contributed by atoms with Crippen molar-refractivity contribution in [2.75, 3.05) is 26.2 Å². The molecular formula is C15H27N3O2. The molecule has 114 valence electrons. The Hall–Kier alpha value is -1.10. The molecule has 2 amide bonds. The average molecular weight is 281 g/mol. The fourth-order valence-electron chi connectivity index (χ4n) is 3.33. The molecule has 0 atom stereocenters. The van der Waals surface area contributed by atoms with Gasteiger partial charge in [-0.1, -0.05) is 19.3 Å². The third-order valence-electron chi connectivity index (χ3n) is 4.65. The van der Waals surface area contributed by atoms with Crippen LogP contribution in [0.4, 0.5) is 0 Å². The first-order chi connectivity index (χ1) is 9.50. The third kappa shape index (κ3) is 3.95. The molecule has 0 aromatic carbocycles. The molecule has 1 heterocycles. The van der Waals surface area contributed by atoms with E-state index in [2.05, 4.69) is 0 Å². The van der Waals surface area contributed by atoms with E-state index in [1.54, 1.807) is 6.92 Å². The largest absolute Gasteiger partial charge is 0.341 e. The zero-order valence-electron chi connectivity index (χ0n) is 12.6. The molecule has 5 heteroatoms. The Morgan fingerprint density at radius 1 is 0.950 bits per heavy atom. The standard InChI is InChI=1S/C15H27N3O2/c1-13(19)17-8-5-9-18(11-10-17)14(20)12-15(16)6-3-2-4-7-15/h2-12,16H2,1H3. The summed E-state index contributed by atoms with van der Waals surface area (Å²) in [6.45, 7) is 4.40. The first-order valence-corrected chi connectivity index (χ1v) is 7.82. The Morgan fingerprint density at radius 3 is 2.20 bits per heavy atom. The lowest BCUT2D eigenvalue weighted by Crippen LogP contribution is -2.47. The highest BCUT2D eigenvalue weighted by Gasteiger charge is 2.32. The molecule has 0 unspecified atom stereocenters. The Balaban J connectivity index is 1.87. The Morgan fingerprint density at radius 2 is 1.55 bits per heavy atom. The van der Waals surface area contributed by atoms with E-state index >= 15 is 0 Å². The normalized spacial score (nSPS) is 23.3. The number of carbonyl (C=O) groups is 2. The predicted octanol–water partition coefficient (Wildman–Crippen LogP) is 1.12. The van der Waals surface area contributed by atoms with E-state index in [0.29, 0.717) is 19.5 Å². The van der Waals surface area contributed by atoms with E-state index < -0.39 is 0 Å². The van der Waals surface area contributed by atoms with Crippen molar-refractivity contribution in [3.05, 3.63) is 0 Å². The second kappa shape index (κ2) is 6.57. The van der Waals surface area contributed by atoms with Crippen LogP contribution in [0.3, 0.4) is 0 Å². The summed E-state index contributed by atoms with van der Waals surface area (Å²) < 4.78 is 0. The highest BCUT2D eigenvalue weighted by Crippen LogP contribution is 2.29. The number of carbonyl (C=O) groups excluding carboxylic acids is 2. The molecule has 1 aliphatic heterocycles. The zero-order chi connectivity index (χ0) is 14.6. The first-order valence-electron chi connectivity index (χ1n) is 7.82. The number of amides is 2. The van der Waals surface area contributed by atoms with Gasteiger partial charge in [0.2, 0.25) is 11.8 Å². The van der Waals surface area contributed by atoms with Gasteiger partial charge in [0.15, 0.2) is 0 Å². The van der Waals surface area contributed by atoms with Gasteiger partial charge in [-0.25, -0.2) is 0 Å². The minimum atomic E-state index is -0.290. The number of nitrogens with zero attached hydrogens (tertiary/aromatic N) is 2. The number of nitrogens with two attached hydrogens (primary N) is 1. The fourth-order valence-corrected chi connectivity index (χ4v) is 3.33. The van der Waals surface area contributed by atoms with Crippen LogP contribution in [0.5, 0.6) is 0 Å². The van der Waals surface area contributed by atoms with Crippen LogP contribution < -0.4 is 5.73 Å². The molecule has 0 bridgehead atoms. The van der Waals surface area contributed by atoms with Crippen molar-refractivity contribution in [3.8, 4) is 0 Å². The fraction of sp³-hybridized carbons (Fsp3) is 0.867. The molecule has 5 nitrogen and oxygen atoms in total. The monoisotopic (exact) mass is 281 g/mol. The van der Waals surface area contributed by atoms with Gasteiger partial charge in [-0.2, -0.15) is 0 Å². The van der Waals surface area contributed by atoms with Crippen LogP contribution in [-0.2, 0) is 9.59 Å². The summed E-state index contributed by atoms with van der Waals surface area (Å²) in [6.07, 6.45) is 6.78. The smallest absolute Gasteiger partial charge is 0.224 e. The second-order valence-corrected chi connectivity index (χ2v) is 6.34. The van der Waals surface area contributed by atoms with Gasteiger partial charge in [-0.15, -0.1) is 0 Å². The Kier molecular flexibility index (Phi) is 5.02. The summed E-state index contributed by atoms with van der Waals surface area (Å²) in [5, 5.41) is 0. The van der Waals surface area contributed by atoms with E-state index in [1.807, 2.05) is 9.80 Å². The molecule has 0 aromatic heterocycles. The lowest BCUT2D eigenvalue weighted by atomic mass is 9.80. The molecule has 20 heavy (non-hydrogen) atoms. The second-order valence-electron chi connectivity index (χ2n) is 6.34. The maximum absolute atomic E-state index is 12.4. The summed E-state index contributed by atoms with van der Waals surface area (Å²) >= 11 is 0. The molecule has 0 radical (unpaired) electrons. The molecule has 2 N–H and O–H groups in total. The molecule has 2 fully saturated rings. The molecule has 1 aliphatic carbocycles. The van der Waals surface area contributed by atoms with Gasteiger partial charge in [0.05, 0.1) is 0 Å². The van der Waals surface area contributed by atoms with Crippen LogP contribution in [-0.4, -0.2) is 53.3 Å². The van der Waals surface area contributed by atoms with Crippen LogP contribution >= 0.6 is 0 Å². The van der Waals surface area contributed by atoms with E-state index in [-0.39, 0.29) is 17.4 Å². The van der Waals surface area contributed by atoms with Crippen molar-refractivity contribution in [1.29, 1.82) is 0 Å². The van der Waals surface area contributed by atoms with E-state index in [0.717, 1.165) is 45.2 Å². The Bertz CT molecular complexity index is 364. The lowest BCUT2D eigenvalue weighted by Gasteiger charge is -2.34. The minimum absolute atomic E-state index is 0.0990. The highest BCUT2D eigenvalue weighted by atomic mass is 16.2. The Labute approximate surface area is 121 Å². The lowest BCUT2D eigenvalue weighted by molar-refractivity contribution is -0.133. The molecule has 2 rings (SSSR count). The number of rotatable bonds is 2. The van der Waals surface area contributed by atoms with Crippen LogP contribution in [0.15, 0.2) is 0 Å². The van der Waals surface area contributed by atoms with Gasteiger partial charge in [0, 0.05) is 45.1 Å². The summed E-state index contributed by atoms with van der Waals surface area (Å²) in [4.78, 5) is 27.6. The van der Waals surface area contributed by atoms with Gasteiger partial charge < -0.3 is 15.5 Å². The SMILES string of the molecule is CC(=O)N1CCCN(C(=O)CC2(N)CCCCC2)CC1. The molecule has 2 aliphatic rings. The average Bonchev–Trinajstić information content (AvgIpc) is 2.64. The van der Waals surface area contributed by atoms with Gasteiger partial charge >= 0.3 is 0 Å². The summed E-state index contributed by atoms with van der Waals surface area (Å²) in [5.74, 6) is 0.265. The van der Waals surface area contributed by atoms with Crippen molar-refractivity contribution >= 4 is 11.8 Å². The van der Waals surface area contributed by atoms with Crippen LogP contribution in [0.2, 0.25) is 0 Å². The maximum atomic E-state index is 12.4. The summed E-state index contributed by atoms with van der Waals surface area (Å²) in [6, 6.07) is 0. The zero-order valence-corrected chi connectivity index (χ0v) is 12.6. The van der Waals surface area contributed by atoms with Crippen molar-refractivity contribution in [2.24, 2.45) is 5.73 Å². The highest BCUT2D eigenvalue weighted by molar-refractivity contribution is 5.78. The minimum Gasteiger partial charge on any atom is -0.341 e. The van der Waals surface area contributed by atoms with Crippen molar-refractivity contribution in [2.45, 2.75) is 57.4 Å². The van der Waals surface area contributed by atoms with Crippen molar-refractivity contribution in [1.82, 2.24) is 9.80 Å². The van der Waals surface area contributed by atoms with Crippen LogP contribution in [0.25, 0.3) is 0 Å². The van der Waals surface area contributed by atoms with Crippen molar-refractivity contribution < 1.29 is 9.59 Å². The maximum Gasteiger partial charge on any atom is 0.224 e. The molecule has 1 saturated carbocycles. The molecule has 1 saturated heterocycles. The van der Waals surface area contributed by atoms with Crippen molar-refractivity contribution in [3.63, 3.8) is 0 Å². The van der Waals surface area contributed by atoms with E-state index in [4.69, 9.17) is 5.73 Å². The van der Waals surface area contributed by atoms with E-state index in [9.17, 15) is 9.59 Å². The van der Waals surface area contributed by atoms with Gasteiger partial charge in [0.1, 0.15) is 0 Å². The molecule has 0 aromatic rings. The number of hydrogen-bond acceptors (Lipinski definition) is 3. The summed E-state index contributed by atoms with van der Waals surface area (Å²) in [5.41, 5.74) is 6.08. The third-order valence-corrected chi connectivity index (χ3v) is 4.65. The molecular weight excluding hydrogens is 254 g/mol. The topological polar surface area (TPSA) is 66.6 Å². The molecule has 0 spiro atoms. The summed E-state index contributed by atoms with van der Waals surface area (Å²) in [7, 11) is 0. The van der Waals surface area contributed by atoms with Gasteiger partial charge in [0.25, 0.3) is 0 Å². The van der Waals surface area contributed by atoms with Crippen LogP contribution in [0.1, 0.15) is 51.9 Å². The first kappa shape index (κ1) is 15.3. The van der Waals surface area contributed by atoms with E-state index in [1.165, 1.54) is 6.42 Å². The number of hydrogen-bond donors (Lipinski definition) is 1. The quantitative estimate of drug-likeness (QED) is 0.825. The van der Waals surface area contributed by atoms with Crippen LogP contribution in [0, 0.1) is 0 Å². The predicted molar refractivity (Wildman–Crippen MR) is 78.1 cm³/mol.